The Morgan fingerprint density at radius 3 is 2.19 bits per heavy atom. The number of benzene rings is 2. The SMILES string of the molecule is CCC(C(=O)NC)N(Cc1ccc(OC)cc1)C(=O)Cc1ccc(F)cc1. The minimum Gasteiger partial charge on any atom is -0.497 e. The molecule has 1 N–H and O–H groups in total. The lowest BCUT2D eigenvalue weighted by Gasteiger charge is -2.30. The minimum absolute atomic E-state index is 0.101. The molecule has 0 radical (unpaired) electrons. The van der Waals surface area contributed by atoms with E-state index in [1.54, 1.807) is 31.2 Å². The Hall–Kier alpha value is -2.89. The molecule has 2 aromatic carbocycles. The molecule has 0 aliphatic heterocycles. The van der Waals surface area contributed by atoms with Gasteiger partial charge in [0.2, 0.25) is 11.8 Å². The van der Waals surface area contributed by atoms with Crippen molar-refractivity contribution in [1.29, 1.82) is 0 Å². The summed E-state index contributed by atoms with van der Waals surface area (Å²) in [5, 5.41) is 2.62. The zero-order valence-corrected chi connectivity index (χ0v) is 15.9. The van der Waals surface area contributed by atoms with E-state index in [0.29, 0.717) is 18.5 Å². The number of rotatable bonds is 8. The van der Waals surface area contributed by atoms with E-state index in [-0.39, 0.29) is 24.1 Å². The Morgan fingerprint density at radius 2 is 1.67 bits per heavy atom. The van der Waals surface area contributed by atoms with Crippen LogP contribution in [-0.4, -0.2) is 36.9 Å². The molecule has 0 aromatic heterocycles. The standard InChI is InChI=1S/C21H25FN2O3/c1-4-19(21(26)23-2)24(14-16-7-11-18(27-3)12-8-16)20(25)13-15-5-9-17(22)10-6-15/h5-12,19H,4,13-14H2,1-3H3,(H,23,26). The molecule has 0 heterocycles. The molecule has 2 aromatic rings. The normalized spacial score (nSPS) is 11.6. The lowest BCUT2D eigenvalue weighted by atomic mass is 10.1. The number of hydrogen-bond donors (Lipinski definition) is 1. The smallest absolute Gasteiger partial charge is 0.242 e. The second-order valence-electron chi connectivity index (χ2n) is 6.21. The van der Waals surface area contributed by atoms with Crippen molar-refractivity contribution in [3.05, 3.63) is 65.5 Å². The van der Waals surface area contributed by atoms with Gasteiger partial charge in [0, 0.05) is 13.6 Å². The molecule has 0 spiro atoms. The van der Waals surface area contributed by atoms with Crippen molar-refractivity contribution in [2.45, 2.75) is 32.4 Å². The summed E-state index contributed by atoms with van der Waals surface area (Å²) in [6.45, 7) is 2.17. The van der Waals surface area contributed by atoms with Crippen LogP contribution in [0.5, 0.6) is 5.75 Å². The maximum absolute atomic E-state index is 13.1. The van der Waals surface area contributed by atoms with Gasteiger partial charge in [0.1, 0.15) is 17.6 Å². The van der Waals surface area contributed by atoms with E-state index in [1.165, 1.54) is 12.1 Å². The Labute approximate surface area is 159 Å². The van der Waals surface area contributed by atoms with Crippen LogP contribution >= 0.6 is 0 Å². The average Bonchev–Trinajstić information content (AvgIpc) is 2.69. The van der Waals surface area contributed by atoms with Crippen LogP contribution in [0.25, 0.3) is 0 Å². The number of carbonyl (C=O) groups excluding carboxylic acids is 2. The van der Waals surface area contributed by atoms with Crippen molar-refractivity contribution in [3.8, 4) is 5.75 Å². The van der Waals surface area contributed by atoms with Gasteiger partial charge in [0.15, 0.2) is 0 Å². The fourth-order valence-electron chi connectivity index (χ4n) is 2.89. The number of ether oxygens (including phenoxy) is 1. The number of hydrogen-bond acceptors (Lipinski definition) is 3. The molecule has 1 atom stereocenters. The summed E-state index contributed by atoms with van der Waals surface area (Å²) < 4.78 is 18.3. The van der Waals surface area contributed by atoms with E-state index >= 15 is 0 Å². The molecule has 6 heteroatoms. The third kappa shape index (κ3) is 5.54. The monoisotopic (exact) mass is 372 g/mol. The van der Waals surface area contributed by atoms with Gasteiger partial charge in [-0.3, -0.25) is 9.59 Å². The van der Waals surface area contributed by atoms with Gasteiger partial charge in [-0.05, 0) is 41.8 Å². The first-order valence-electron chi connectivity index (χ1n) is 8.87. The highest BCUT2D eigenvalue weighted by atomic mass is 19.1. The number of methoxy groups -OCH3 is 1. The zero-order chi connectivity index (χ0) is 19.8. The van der Waals surface area contributed by atoms with Crippen LogP contribution in [0.1, 0.15) is 24.5 Å². The van der Waals surface area contributed by atoms with Crippen LogP contribution in [0.4, 0.5) is 4.39 Å². The fourth-order valence-corrected chi connectivity index (χ4v) is 2.89. The van der Waals surface area contributed by atoms with Crippen LogP contribution in [0.2, 0.25) is 0 Å². The molecule has 144 valence electrons. The van der Waals surface area contributed by atoms with Gasteiger partial charge in [-0.2, -0.15) is 0 Å². The van der Waals surface area contributed by atoms with Crippen LogP contribution < -0.4 is 10.1 Å². The Bertz CT molecular complexity index is 760. The molecule has 0 bridgehead atoms. The number of nitrogens with one attached hydrogen (secondary N) is 1. The van der Waals surface area contributed by atoms with Gasteiger partial charge in [-0.15, -0.1) is 0 Å². The first-order valence-corrected chi connectivity index (χ1v) is 8.87. The quantitative estimate of drug-likeness (QED) is 0.775. The second kappa shape index (κ2) is 9.71. The molecule has 0 aliphatic rings. The van der Waals surface area contributed by atoms with Crippen molar-refractivity contribution >= 4 is 11.8 Å². The predicted molar refractivity (Wildman–Crippen MR) is 102 cm³/mol. The van der Waals surface area contributed by atoms with Crippen molar-refractivity contribution in [3.63, 3.8) is 0 Å². The Kier molecular flexibility index (Phi) is 7.34. The maximum Gasteiger partial charge on any atom is 0.242 e. The molecule has 0 fully saturated rings. The van der Waals surface area contributed by atoms with Crippen LogP contribution in [-0.2, 0) is 22.6 Å². The largest absolute Gasteiger partial charge is 0.497 e. The second-order valence-corrected chi connectivity index (χ2v) is 6.21. The summed E-state index contributed by atoms with van der Waals surface area (Å²) in [7, 11) is 3.15. The topological polar surface area (TPSA) is 58.6 Å². The number of amides is 2. The van der Waals surface area contributed by atoms with Gasteiger partial charge in [0.05, 0.1) is 13.5 Å². The lowest BCUT2D eigenvalue weighted by molar-refractivity contribution is -0.140. The third-order valence-electron chi connectivity index (χ3n) is 4.41. The van der Waals surface area contributed by atoms with Crippen LogP contribution in [0.15, 0.2) is 48.5 Å². The van der Waals surface area contributed by atoms with Crippen molar-refractivity contribution in [2.75, 3.05) is 14.2 Å². The number of halogens is 1. The van der Waals surface area contributed by atoms with Gasteiger partial charge in [0.25, 0.3) is 0 Å². The molecule has 0 saturated carbocycles. The molecule has 5 nitrogen and oxygen atoms in total. The highest BCUT2D eigenvalue weighted by molar-refractivity contribution is 5.88. The van der Waals surface area contributed by atoms with Crippen molar-refractivity contribution < 1.29 is 18.7 Å². The molecule has 2 amide bonds. The highest BCUT2D eigenvalue weighted by Gasteiger charge is 2.28. The summed E-state index contributed by atoms with van der Waals surface area (Å²) in [5.74, 6) is -0.0225. The molecule has 27 heavy (non-hydrogen) atoms. The maximum atomic E-state index is 13.1. The summed E-state index contributed by atoms with van der Waals surface area (Å²) in [4.78, 5) is 26.8. The summed E-state index contributed by atoms with van der Waals surface area (Å²) in [6.07, 6.45) is 0.592. The molecular weight excluding hydrogens is 347 g/mol. The van der Waals surface area contributed by atoms with E-state index in [0.717, 1.165) is 11.3 Å². The minimum atomic E-state index is -0.579. The molecule has 0 saturated heterocycles. The van der Waals surface area contributed by atoms with Crippen LogP contribution in [0, 0.1) is 5.82 Å². The Balaban J connectivity index is 2.25. The van der Waals surface area contributed by atoms with Crippen molar-refractivity contribution in [2.24, 2.45) is 0 Å². The van der Waals surface area contributed by atoms with Gasteiger partial charge < -0.3 is 15.0 Å². The third-order valence-corrected chi connectivity index (χ3v) is 4.41. The fraction of sp³-hybridized carbons (Fsp3) is 0.333. The summed E-state index contributed by atoms with van der Waals surface area (Å²) in [6, 6.07) is 12.6. The summed E-state index contributed by atoms with van der Waals surface area (Å²) in [5.41, 5.74) is 1.60. The van der Waals surface area contributed by atoms with E-state index in [1.807, 2.05) is 31.2 Å². The predicted octanol–water partition coefficient (Wildman–Crippen LogP) is 2.93. The van der Waals surface area contributed by atoms with Gasteiger partial charge in [-0.1, -0.05) is 31.2 Å². The van der Waals surface area contributed by atoms with Gasteiger partial charge >= 0.3 is 0 Å². The van der Waals surface area contributed by atoms with Crippen molar-refractivity contribution in [1.82, 2.24) is 10.2 Å². The van der Waals surface area contributed by atoms with Gasteiger partial charge in [-0.25, -0.2) is 4.39 Å². The number of carbonyl (C=O) groups is 2. The van der Waals surface area contributed by atoms with E-state index in [2.05, 4.69) is 5.32 Å². The molecule has 1 unspecified atom stereocenters. The van der Waals surface area contributed by atoms with E-state index in [9.17, 15) is 14.0 Å². The first kappa shape index (κ1) is 20.4. The highest BCUT2D eigenvalue weighted by Crippen LogP contribution is 2.17. The first-order chi connectivity index (χ1) is 13.0. The number of likely N-dealkylation sites (N-methyl/N-ethyl adjacent to an activating group) is 1. The van der Waals surface area contributed by atoms with E-state index in [4.69, 9.17) is 4.74 Å². The zero-order valence-electron chi connectivity index (χ0n) is 15.9. The number of nitrogens with zero attached hydrogens (tertiary/aromatic N) is 1. The summed E-state index contributed by atoms with van der Waals surface area (Å²) >= 11 is 0. The lowest BCUT2D eigenvalue weighted by Crippen LogP contribution is -2.48. The molecular formula is C21H25FN2O3. The Morgan fingerprint density at radius 1 is 1.07 bits per heavy atom. The van der Waals surface area contributed by atoms with Crippen LogP contribution in [0.3, 0.4) is 0 Å². The molecule has 2 rings (SSSR count). The molecule has 0 aliphatic carbocycles. The van der Waals surface area contributed by atoms with E-state index < -0.39 is 6.04 Å². The average molecular weight is 372 g/mol.